The zero-order valence-electron chi connectivity index (χ0n) is 14.6. The number of hydrogen-bond acceptors (Lipinski definition) is 4. The molecule has 1 aromatic carbocycles. The van der Waals surface area contributed by atoms with Gasteiger partial charge in [-0.3, -0.25) is 19.0 Å². The molecule has 0 aliphatic carbocycles. The van der Waals surface area contributed by atoms with Crippen molar-refractivity contribution in [1.82, 2.24) is 14.9 Å². The first-order valence-corrected chi connectivity index (χ1v) is 8.28. The van der Waals surface area contributed by atoms with Gasteiger partial charge in [-0.2, -0.15) is 0 Å². The van der Waals surface area contributed by atoms with Crippen LogP contribution in [0.5, 0.6) is 0 Å². The minimum Gasteiger partial charge on any atom is -0.355 e. The molecular formula is C18H20N4O4. The number of rotatable bonds is 4. The number of H-pyrrole nitrogens is 1. The largest absolute Gasteiger partial charge is 0.355 e. The van der Waals surface area contributed by atoms with E-state index >= 15 is 0 Å². The summed E-state index contributed by atoms with van der Waals surface area (Å²) in [4.78, 5) is 51.8. The van der Waals surface area contributed by atoms with Crippen molar-refractivity contribution in [3.63, 3.8) is 0 Å². The SMILES string of the molecule is CN1C(=O)CC(CNC(=O)Cc2c[nH]c(=O)n(C)c2=O)c2ccccc21. The average Bonchev–Trinajstić information content (AvgIpc) is 2.64. The van der Waals surface area contributed by atoms with Gasteiger partial charge in [0.05, 0.1) is 6.42 Å². The molecule has 0 fully saturated rings. The number of benzene rings is 1. The lowest BCUT2D eigenvalue weighted by molar-refractivity contribution is -0.122. The lowest BCUT2D eigenvalue weighted by Gasteiger charge is -2.31. The standard InChI is InChI=1S/C18H20N4O4/c1-21-14-6-4-3-5-13(14)11(8-16(21)24)9-19-15(23)7-12-10-20-18(26)22(2)17(12)25/h3-6,10-11H,7-9H2,1-2H3,(H,19,23)(H,20,26). The number of aromatic nitrogens is 2. The minimum atomic E-state index is -0.527. The Bertz CT molecular complexity index is 976. The molecule has 1 aromatic heterocycles. The molecule has 1 aliphatic rings. The van der Waals surface area contributed by atoms with Crippen LogP contribution in [0, 0.1) is 0 Å². The summed E-state index contributed by atoms with van der Waals surface area (Å²) in [7, 11) is 3.09. The Hall–Kier alpha value is -3.16. The summed E-state index contributed by atoms with van der Waals surface area (Å²) in [5.74, 6) is -0.451. The Kier molecular flexibility index (Phi) is 4.75. The highest BCUT2D eigenvalue weighted by Crippen LogP contribution is 2.34. The number of carbonyl (C=O) groups is 2. The Morgan fingerprint density at radius 2 is 1.96 bits per heavy atom. The molecule has 0 radical (unpaired) electrons. The first kappa shape index (κ1) is 17.7. The predicted molar refractivity (Wildman–Crippen MR) is 96.2 cm³/mol. The molecule has 0 saturated carbocycles. The second kappa shape index (κ2) is 6.99. The lowest BCUT2D eigenvalue weighted by atomic mass is 9.89. The van der Waals surface area contributed by atoms with E-state index in [1.165, 1.54) is 13.2 Å². The molecule has 2 heterocycles. The summed E-state index contributed by atoms with van der Waals surface area (Å²) >= 11 is 0. The van der Waals surface area contributed by atoms with Gasteiger partial charge in [-0.05, 0) is 11.6 Å². The molecule has 2 amide bonds. The number of anilines is 1. The zero-order valence-corrected chi connectivity index (χ0v) is 14.6. The van der Waals surface area contributed by atoms with Gasteiger partial charge in [0.2, 0.25) is 11.8 Å². The van der Waals surface area contributed by atoms with Gasteiger partial charge in [0.15, 0.2) is 0 Å². The van der Waals surface area contributed by atoms with E-state index in [0.29, 0.717) is 13.0 Å². The molecule has 0 saturated heterocycles. The van der Waals surface area contributed by atoms with Gasteiger partial charge in [-0.1, -0.05) is 18.2 Å². The number of hydrogen-bond donors (Lipinski definition) is 2. The van der Waals surface area contributed by atoms with Crippen molar-refractivity contribution in [2.24, 2.45) is 7.05 Å². The van der Waals surface area contributed by atoms with Crippen molar-refractivity contribution in [2.75, 3.05) is 18.5 Å². The van der Waals surface area contributed by atoms with E-state index in [0.717, 1.165) is 15.8 Å². The van der Waals surface area contributed by atoms with E-state index in [1.807, 2.05) is 24.3 Å². The van der Waals surface area contributed by atoms with Crippen LogP contribution in [0.1, 0.15) is 23.5 Å². The maximum absolute atomic E-state index is 12.2. The van der Waals surface area contributed by atoms with Gasteiger partial charge in [-0.15, -0.1) is 0 Å². The van der Waals surface area contributed by atoms with Crippen molar-refractivity contribution in [3.8, 4) is 0 Å². The first-order chi connectivity index (χ1) is 12.4. The van der Waals surface area contributed by atoms with Crippen molar-refractivity contribution in [2.45, 2.75) is 18.8 Å². The van der Waals surface area contributed by atoms with E-state index in [-0.39, 0.29) is 29.7 Å². The van der Waals surface area contributed by atoms with Gasteiger partial charge >= 0.3 is 5.69 Å². The number of carbonyl (C=O) groups excluding carboxylic acids is 2. The van der Waals surface area contributed by atoms with Crippen LogP contribution >= 0.6 is 0 Å². The number of fused-ring (bicyclic) bond motifs is 1. The third-order valence-corrected chi connectivity index (χ3v) is 4.68. The highest BCUT2D eigenvalue weighted by atomic mass is 16.2. The molecule has 2 aromatic rings. The third-order valence-electron chi connectivity index (χ3n) is 4.68. The quantitative estimate of drug-likeness (QED) is 0.797. The van der Waals surface area contributed by atoms with E-state index in [9.17, 15) is 19.2 Å². The summed E-state index contributed by atoms with van der Waals surface area (Å²) in [5, 5.41) is 2.79. The summed E-state index contributed by atoms with van der Waals surface area (Å²) in [5.41, 5.74) is 1.04. The van der Waals surface area contributed by atoms with Crippen LogP contribution in [0.15, 0.2) is 40.1 Å². The number of para-hydroxylation sites is 1. The molecular weight excluding hydrogens is 336 g/mol. The molecule has 8 nitrogen and oxygen atoms in total. The average molecular weight is 356 g/mol. The third kappa shape index (κ3) is 3.30. The van der Waals surface area contributed by atoms with Crippen LogP contribution in [-0.4, -0.2) is 35.0 Å². The van der Waals surface area contributed by atoms with E-state index in [2.05, 4.69) is 10.3 Å². The van der Waals surface area contributed by atoms with E-state index in [4.69, 9.17) is 0 Å². The Labute approximate surface area is 149 Å². The number of aromatic amines is 1. The van der Waals surface area contributed by atoms with E-state index < -0.39 is 11.2 Å². The van der Waals surface area contributed by atoms with Crippen LogP contribution in [0.3, 0.4) is 0 Å². The fourth-order valence-corrected chi connectivity index (χ4v) is 3.13. The lowest BCUT2D eigenvalue weighted by Crippen LogP contribution is -2.39. The van der Waals surface area contributed by atoms with Gasteiger partial charge in [0.25, 0.3) is 5.56 Å². The number of nitrogens with zero attached hydrogens (tertiary/aromatic N) is 2. The smallest absolute Gasteiger partial charge is 0.328 e. The van der Waals surface area contributed by atoms with Crippen molar-refractivity contribution >= 4 is 17.5 Å². The molecule has 3 rings (SSSR count). The van der Waals surface area contributed by atoms with Crippen LogP contribution in [0.4, 0.5) is 5.69 Å². The first-order valence-electron chi connectivity index (χ1n) is 8.28. The fraction of sp³-hybridized carbons (Fsp3) is 0.333. The maximum Gasteiger partial charge on any atom is 0.328 e. The summed E-state index contributed by atoms with van der Waals surface area (Å²) in [6.45, 7) is 0.305. The summed E-state index contributed by atoms with van der Waals surface area (Å²) in [6, 6.07) is 7.61. The normalized spacial score (nSPS) is 16.3. The molecule has 2 N–H and O–H groups in total. The Morgan fingerprint density at radius 1 is 1.23 bits per heavy atom. The molecule has 136 valence electrons. The van der Waals surface area contributed by atoms with Crippen LogP contribution in [-0.2, 0) is 23.1 Å². The van der Waals surface area contributed by atoms with Gasteiger partial charge in [-0.25, -0.2) is 4.79 Å². The Balaban J connectivity index is 1.70. The molecule has 26 heavy (non-hydrogen) atoms. The fourth-order valence-electron chi connectivity index (χ4n) is 3.13. The zero-order chi connectivity index (χ0) is 18.8. The monoisotopic (exact) mass is 356 g/mol. The molecule has 1 unspecified atom stereocenters. The van der Waals surface area contributed by atoms with Crippen molar-refractivity contribution < 1.29 is 9.59 Å². The Morgan fingerprint density at radius 3 is 2.73 bits per heavy atom. The van der Waals surface area contributed by atoms with Crippen LogP contribution < -0.4 is 21.5 Å². The van der Waals surface area contributed by atoms with Gasteiger partial charge in [0.1, 0.15) is 0 Å². The van der Waals surface area contributed by atoms with Gasteiger partial charge < -0.3 is 15.2 Å². The highest BCUT2D eigenvalue weighted by Gasteiger charge is 2.29. The maximum atomic E-state index is 12.2. The van der Waals surface area contributed by atoms with Crippen LogP contribution in [0.2, 0.25) is 0 Å². The second-order valence-corrected chi connectivity index (χ2v) is 6.38. The molecule has 8 heteroatoms. The molecule has 1 atom stereocenters. The topological polar surface area (TPSA) is 104 Å². The minimum absolute atomic E-state index is 0.00236. The highest BCUT2D eigenvalue weighted by molar-refractivity contribution is 5.96. The number of amides is 2. The summed E-state index contributed by atoms with van der Waals surface area (Å²) < 4.78 is 0.925. The van der Waals surface area contributed by atoms with Crippen molar-refractivity contribution in [1.29, 1.82) is 0 Å². The second-order valence-electron chi connectivity index (χ2n) is 6.38. The van der Waals surface area contributed by atoms with Gasteiger partial charge in [0, 0.05) is 50.4 Å². The molecule has 1 aliphatic heterocycles. The predicted octanol–water partition coefficient (Wildman–Crippen LogP) is -0.117. The molecule has 0 bridgehead atoms. The van der Waals surface area contributed by atoms with Crippen molar-refractivity contribution in [3.05, 3.63) is 62.4 Å². The van der Waals surface area contributed by atoms with Crippen LogP contribution in [0.25, 0.3) is 0 Å². The van der Waals surface area contributed by atoms with E-state index in [1.54, 1.807) is 11.9 Å². The number of nitrogens with one attached hydrogen (secondary N) is 2. The summed E-state index contributed by atoms with van der Waals surface area (Å²) in [6.07, 6.45) is 1.44. The molecule has 0 spiro atoms.